The lowest BCUT2D eigenvalue weighted by Gasteiger charge is -1.99. The summed E-state index contributed by atoms with van der Waals surface area (Å²) in [4.78, 5) is 10.5. The Morgan fingerprint density at radius 2 is 1.56 bits per heavy atom. The Labute approximate surface area is 105 Å². The summed E-state index contributed by atoms with van der Waals surface area (Å²) in [7, 11) is 0. The molecule has 2 rings (SSSR count). The maximum absolute atomic E-state index is 10.5. The fraction of sp³-hybridized carbons (Fsp3) is 0. The largest absolute Gasteiger partial charge is 0.508 e. The van der Waals surface area contributed by atoms with Gasteiger partial charge in [0.25, 0.3) is 0 Å². The quantitative estimate of drug-likeness (QED) is 0.490. The van der Waals surface area contributed by atoms with Gasteiger partial charge in [0.15, 0.2) is 0 Å². The molecule has 0 heterocycles. The molecule has 0 atom stereocenters. The van der Waals surface area contributed by atoms with Gasteiger partial charge in [-0.1, -0.05) is 0 Å². The molecule has 2 aromatic carbocycles. The number of phenols is 1. The molecule has 0 spiro atoms. The van der Waals surface area contributed by atoms with Crippen LogP contribution in [0.25, 0.3) is 0 Å². The first kappa shape index (κ1) is 11.9. The van der Waals surface area contributed by atoms with E-state index in [2.05, 4.69) is 10.5 Å². The van der Waals surface area contributed by atoms with Gasteiger partial charge < -0.3 is 5.11 Å². The number of aromatic hydroxyl groups is 1. The van der Waals surface area contributed by atoms with E-state index in [0.717, 1.165) is 17.5 Å². The van der Waals surface area contributed by atoms with Crippen molar-refractivity contribution in [2.24, 2.45) is 5.10 Å². The summed E-state index contributed by atoms with van der Waals surface area (Å²) in [6, 6.07) is 13.7. The van der Waals surface area contributed by atoms with Gasteiger partial charge in [-0.2, -0.15) is 5.10 Å². The minimum atomic E-state index is 0.226. The topological polar surface area (TPSA) is 61.7 Å². The third-order valence-electron chi connectivity index (χ3n) is 2.35. The highest BCUT2D eigenvalue weighted by Crippen LogP contribution is 2.09. The summed E-state index contributed by atoms with van der Waals surface area (Å²) in [5.74, 6) is 0.226. The molecule has 0 unspecified atom stereocenters. The number of rotatable bonds is 4. The van der Waals surface area contributed by atoms with Crippen molar-refractivity contribution in [3.05, 3.63) is 59.7 Å². The van der Waals surface area contributed by atoms with Gasteiger partial charge in [-0.25, -0.2) is 0 Å². The molecule has 90 valence electrons. The molecule has 0 aromatic heterocycles. The predicted molar refractivity (Wildman–Crippen MR) is 71.2 cm³/mol. The number of nitrogens with zero attached hydrogens (tertiary/aromatic N) is 1. The van der Waals surface area contributed by atoms with E-state index in [0.29, 0.717) is 5.56 Å². The first-order chi connectivity index (χ1) is 8.78. The molecular weight excluding hydrogens is 228 g/mol. The van der Waals surface area contributed by atoms with E-state index in [1.807, 2.05) is 0 Å². The van der Waals surface area contributed by atoms with Crippen LogP contribution in [0.5, 0.6) is 5.75 Å². The number of aldehydes is 1. The molecule has 2 aromatic rings. The van der Waals surface area contributed by atoms with Crippen molar-refractivity contribution < 1.29 is 9.90 Å². The Hall–Kier alpha value is -2.62. The number of hydrazone groups is 1. The average molecular weight is 240 g/mol. The molecule has 18 heavy (non-hydrogen) atoms. The number of carbonyl (C=O) groups is 1. The van der Waals surface area contributed by atoms with Crippen LogP contribution in [0.2, 0.25) is 0 Å². The van der Waals surface area contributed by atoms with Crippen molar-refractivity contribution in [1.29, 1.82) is 0 Å². The van der Waals surface area contributed by atoms with Gasteiger partial charge in [-0.3, -0.25) is 10.2 Å². The van der Waals surface area contributed by atoms with E-state index in [1.165, 1.54) is 0 Å². The molecule has 0 aliphatic rings. The first-order valence-electron chi connectivity index (χ1n) is 5.41. The number of nitrogens with one attached hydrogen (secondary N) is 1. The van der Waals surface area contributed by atoms with Crippen molar-refractivity contribution in [2.75, 3.05) is 5.43 Å². The number of hydrogen-bond acceptors (Lipinski definition) is 4. The Balaban J connectivity index is 1.97. The molecule has 4 nitrogen and oxygen atoms in total. The second kappa shape index (κ2) is 5.63. The molecule has 2 N–H and O–H groups in total. The Kier molecular flexibility index (Phi) is 3.71. The summed E-state index contributed by atoms with van der Waals surface area (Å²) in [6.45, 7) is 0. The molecule has 0 aliphatic carbocycles. The zero-order chi connectivity index (χ0) is 12.8. The lowest BCUT2D eigenvalue weighted by Crippen LogP contribution is -1.90. The van der Waals surface area contributed by atoms with Crippen molar-refractivity contribution in [1.82, 2.24) is 0 Å². The van der Waals surface area contributed by atoms with Crippen LogP contribution >= 0.6 is 0 Å². The second-order valence-corrected chi connectivity index (χ2v) is 3.70. The van der Waals surface area contributed by atoms with Crippen LogP contribution in [0.1, 0.15) is 15.9 Å². The smallest absolute Gasteiger partial charge is 0.150 e. The van der Waals surface area contributed by atoms with E-state index in [-0.39, 0.29) is 5.75 Å². The fourth-order valence-electron chi connectivity index (χ4n) is 1.38. The molecule has 4 heteroatoms. The minimum Gasteiger partial charge on any atom is -0.508 e. The summed E-state index contributed by atoms with van der Waals surface area (Å²) in [6.07, 6.45) is 2.44. The molecule has 0 bridgehead atoms. The maximum Gasteiger partial charge on any atom is 0.150 e. The predicted octanol–water partition coefficient (Wildman–Crippen LogP) is 2.65. The van der Waals surface area contributed by atoms with E-state index in [4.69, 9.17) is 5.11 Å². The molecule has 0 fully saturated rings. The molecule has 0 radical (unpaired) electrons. The number of carbonyl (C=O) groups excluding carboxylic acids is 1. The third kappa shape index (κ3) is 3.18. The highest BCUT2D eigenvalue weighted by atomic mass is 16.3. The van der Waals surface area contributed by atoms with Crippen molar-refractivity contribution in [3.8, 4) is 5.75 Å². The van der Waals surface area contributed by atoms with E-state index >= 15 is 0 Å². The van der Waals surface area contributed by atoms with Gasteiger partial charge in [0.05, 0.1) is 11.9 Å². The molecule has 0 aliphatic heterocycles. The highest BCUT2D eigenvalue weighted by Gasteiger charge is 1.91. The van der Waals surface area contributed by atoms with Gasteiger partial charge in [0.2, 0.25) is 0 Å². The molecule has 0 amide bonds. The van der Waals surface area contributed by atoms with Gasteiger partial charge in [-0.15, -0.1) is 0 Å². The van der Waals surface area contributed by atoms with Crippen LogP contribution in [0.4, 0.5) is 5.69 Å². The summed E-state index contributed by atoms with van der Waals surface area (Å²) >= 11 is 0. The monoisotopic (exact) mass is 240 g/mol. The van der Waals surface area contributed by atoms with Crippen LogP contribution in [0.15, 0.2) is 53.6 Å². The van der Waals surface area contributed by atoms with E-state index < -0.39 is 0 Å². The number of benzene rings is 2. The molecule has 0 saturated carbocycles. The van der Waals surface area contributed by atoms with Crippen molar-refractivity contribution in [2.45, 2.75) is 0 Å². The first-order valence-corrected chi connectivity index (χ1v) is 5.41. The Bertz CT molecular complexity index is 545. The summed E-state index contributed by atoms with van der Waals surface area (Å²) < 4.78 is 0. The van der Waals surface area contributed by atoms with Crippen LogP contribution < -0.4 is 5.43 Å². The number of anilines is 1. The highest BCUT2D eigenvalue weighted by molar-refractivity contribution is 5.80. The normalized spacial score (nSPS) is 10.4. The van der Waals surface area contributed by atoms with Crippen molar-refractivity contribution >= 4 is 18.2 Å². The summed E-state index contributed by atoms with van der Waals surface area (Å²) in [5, 5.41) is 13.2. The molecule has 0 saturated heterocycles. The zero-order valence-electron chi connectivity index (χ0n) is 9.58. The maximum atomic E-state index is 10.5. The Morgan fingerprint density at radius 1 is 0.944 bits per heavy atom. The third-order valence-corrected chi connectivity index (χ3v) is 2.35. The second-order valence-electron chi connectivity index (χ2n) is 3.70. The average Bonchev–Trinajstić information content (AvgIpc) is 2.42. The van der Waals surface area contributed by atoms with Gasteiger partial charge in [-0.05, 0) is 54.1 Å². The van der Waals surface area contributed by atoms with Gasteiger partial charge in [0.1, 0.15) is 12.0 Å². The Morgan fingerprint density at radius 3 is 2.17 bits per heavy atom. The van der Waals surface area contributed by atoms with E-state index in [9.17, 15) is 4.79 Å². The van der Waals surface area contributed by atoms with Crippen molar-refractivity contribution in [3.63, 3.8) is 0 Å². The lowest BCUT2D eigenvalue weighted by atomic mass is 10.2. The van der Waals surface area contributed by atoms with Gasteiger partial charge in [0, 0.05) is 5.56 Å². The van der Waals surface area contributed by atoms with Gasteiger partial charge >= 0.3 is 0 Å². The van der Waals surface area contributed by atoms with E-state index in [1.54, 1.807) is 54.7 Å². The number of phenolic OH excluding ortho intramolecular Hbond substituents is 1. The lowest BCUT2D eigenvalue weighted by molar-refractivity contribution is 0.112. The summed E-state index contributed by atoms with van der Waals surface area (Å²) in [5.41, 5.74) is 5.16. The van der Waals surface area contributed by atoms with Crippen LogP contribution in [-0.4, -0.2) is 17.6 Å². The van der Waals surface area contributed by atoms with Crippen LogP contribution in [0.3, 0.4) is 0 Å². The number of hydrogen-bond donors (Lipinski definition) is 2. The zero-order valence-corrected chi connectivity index (χ0v) is 9.58. The minimum absolute atomic E-state index is 0.226. The SMILES string of the molecule is O=Cc1ccc(N/N=C/c2ccc(O)cc2)cc1. The van der Waals surface area contributed by atoms with Crippen LogP contribution in [0, 0.1) is 0 Å². The molecular formula is C14H12N2O2. The van der Waals surface area contributed by atoms with Crippen LogP contribution in [-0.2, 0) is 0 Å². The standard InChI is InChI=1S/C14H12N2O2/c17-10-12-1-5-13(6-2-12)16-15-9-11-3-7-14(18)8-4-11/h1-10,16,18H/b15-9+. The fourth-order valence-corrected chi connectivity index (χ4v) is 1.38.